The first-order valence-electron chi connectivity index (χ1n) is 6.67. The number of halogens is 1. The molecule has 0 atom stereocenters. The van der Waals surface area contributed by atoms with Crippen LogP contribution in [0, 0.1) is 6.92 Å². The van der Waals surface area contributed by atoms with Crippen molar-refractivity contribution in [2.24, 2.45) is 4.99 Å². The number of nitrogens with zero attached hydrogens (tertiary/aromatic N) is 2. The molecule has 2 rings (SSSR count). The van der Waals surface area contributed by atoms with Crippen molar-refractivity contribution >= 4 is 29.9 Å². The smallest absolute Gasteiger partial charge is 0.191 e. The average molecular weight is 374 g/mol. The van der Waals surface area contributed by atoms with Crippen molar-refractivity contribution < 1.29 is 0 Å². The van der Waals surface area contributed by atoms with Crippen molar-refractivity contribution in [1.29, 1.82) is 0 Å². The summed E-state index contributed by atoms with van der Waals surface area (Å²) in [6, 6.07) is 6.66. The highest BCUT2D eigenvalue weighted by Gasteiger charge is 2.15. The molecule has 1 aromatic rings. The van der Waals surface area contributed by atoms with Crippen molar-refractivity contribution in [2.75, 3.05) is 7.05 Å². The monoisotopic (exact) mass is 374 g/mol. The first-order valence-corrected chi connectivity index (χ1v) is 6.67. The molecule has 0 aromatic carbocycles. The fourth-order valence-corrected chi connectivity index (χ4v) is 2.33. The van der Waals surface area contributed by atoms with Crippen LogP contribution in [-0.2, 0) is 6.54 Å². The Bertz CT molecular complexity index is 414. The van der Waals surface area contributed by atoms with Gasteiger partial charge in [0.15, 0.2) is 5.96 Å². The van der Waals surface area contributed by atoms with Gasteiger partial charge in [-0.25, -0.2) is 0 Å². The van der Waals surface area contributed by atoms with Gasteiger partial charge in [-0.15, -0.1) is 24.0 Å². The van der Waals surface area contributed by atoms with Gasteiger partial charge in [0.25, 0.3) is 0 Å². The van der Waals surface area contributed by atoms with Crippen LogP contribution in [0.2, 0.25) is 0 Å². The lowest BCUT2D eigenvalue weighted by Crippen LogP contribution is -2.42. The normalized spacial score (nSPS) is 16.0. The first-order chi connectivity index (χ1) is 8.78. The Morgan fingerprint density at radius 1 is 1.37 bits per heavy atom. The number of guanidine groups is 1. The van der Waals surface area contributed by atoms with Gasteiger partial charge < -0.3 is 10.6 Å². The number of aromatic nitrogens is 1. The summed E-state index contributed by atoms with van der Waals surface area (Å²) in [6.45, 7) is 2.73. The maximum Gasteiger partial charge on any atom is 0.191 e. The van der Waals surface area contributed by atoms with E-state index in [1.165, 1.54) is 25.7 Å². The molecule has 0 unspecified atom stereocenters. The molecule has 2 N–H and O–H groups in total. The van der Waals surface area contributed by atoms with Crippen LogP contribution < -0.4 is 10.6 Å². The zero-order valence-corrected chi connectivity index (χ0v) is 14.0. The van der Waals surface area contributed by atoms with E-state index in [1.54, 1.807) is 0 Å². The SMILES string of the molecule is CN=C(NCc1cccc(C)n1)NC1CCCC1.I. The zero-order valence-electron chi connectivity index (χ0n) is 11.6. The molecule has 1 heterocycles. The van der Waals surface area contributed by atoms with Crippen molar-refractivity contribution in [3.05, 3.63) is 29.6 Å². The van der Waals surface area contributed by atoms with Crippen LogP contribution in [0.4, 0.5) is 0 Å². The number of hydrogen-bond donors (Lipinski definition) is 2. The van der Waals surface area contributed by atoms with Gasteiger partial charge in [0, 0.05) is 18.8 Å². The second kappa shape index (κ2) is 8.35. The molecule has 0 radical (unpaired) electrons. The van der Waals surface area contributed by atoms with Crippen LogP contribution in [0.1, 0.15) is 37.1 Å². The van der Waals surface area contributed by atoms with Gasteiger partial charge in [-0.2, -0.15) is 0 Å². The van der Waals surface area contributed by atoms with E-state index in [2.05, 4.69) is 20.6 Å². The van der Waals surface area contributed by atoms with E-state index in [0.29, 0.717) is 12.6 Å². The standard InChI is InChI=1S/C14H22N4.HI/c1-11-6-5-9-13(17-11)10-16-14(15-2)18-12-7-3-4-8-12;/h5-6,9,12H,3-4,7-8,10H2,1-2H3,(H2,15,16,18);1H. The molecule has 5 heteroatoms. The summed E-state index contributed by atoms with van der Waals surface area (Å²) in [4.78, 5) is 8.72. The third-order valence-corrected chi connectivity index (χ3v) is 3.30. The predicted octanol–water partition coefficient (Wildman–Crippen LogP) is 2.62. The largest absolute Gasteiger partial charge is 0.354 e. The van der Waals surface area contributed by atoms with Gasteiger partial charge in [-0.05, 0) is 31.9 Å². The van der Waals surface area contributed by atoms with Crippen LogP contribution in [0.3, 0.4) is 0 Å². The molecule has 1 saturated carbocycles. The molecule has 0 aliphatic heterocycles. The van der Waals surface area contributed by atoms with Gasteiger partial charge in [0.05, 0.1) is 12.2 Å². The maximum absolute atomic E-state index is 4.47. The Morgan fingerprint density at radius 2 is 2.11 bits per heavy atom. The lowest BCUT2D eigenvalue weighted by molar-refractivity contribution is 0.612. The minimum Gasteiger partial charge on any atom is -0.354 e. The second-order valence-corrected chi connectivity index (χ2v) is 4.82. The third-order valence-electron chi connectivity index (χ3n) is 3.30. The Morgan fingerprint density at radius 3 is 2.74 bits per heavy atom. The summed E-state index contributed by atoms with van der Waals surface area (Å²) in [5.74, 6) is 0.880. The summed E-state index contributed by atoms with van der Waals surface area (Å²) in [6.07, 6.45) is 5.16. The van der Waals surface area contributed by atoms with E-state index in [9.17, 15) is 0 Å². The molecular weight excluding hydrogens is 351 g/mol. The summed E-state index contributed by atoms with van der Waals surface area (Å²) in [5.41, 5.74) is 2.09. The van der Waals surface area contributed by atoms with Crippen molar-refractivity contribution in [3.8, 4) is 0 Å². The minimum absolute atomic E-state index is 0. The van der Waals surface area contributed by atoms with Gasteiger partial charge in [-0.3, -0.25) is 9.98 Å². The highest BCUT2D eigenvalue weighted by molar-refractivity contribution is 14.0. The van der Waals surface area contributed by atoms with Crippen LogP contribution in [0.15, 0.2) is 23.2 Å². The summed E-state index contributed by atoms with van der Waals surface area (Å²) < 4.78 is 0. The molecule has 1 aliphatic carbocycles. The summed E-state index contributed by atoms with van der Waals surface area (Å²) >= 11 is 0. The molecule has 1 aromatic heterocycles. The fraction of sp³-hybridized carbons (Fsp3) is 0.571. The van der Waals surface area contributed by atoms with Gasteiger partial charge >= 0.3 is 0 Å². The molecule has 1 aliphatic rings. The van der Waals surface area contributed by atoms with Gasteiger partial charge in [0.1, 0.15) is 0 Å². The first kappa shape index (κ1) is 16.2. The topological polar surface area (TPSA) is 49.3 Å². The van der Waals surface area contributed by atoms with E-state index < -0.39 is 0 Å². The number of pyridine rings is 1. The molecule has 0 amide bonds. The number of hydrogen-bond acceptors (Lipinski definition) is 2. The van der Waals surface area contributed by atoms with E-state index in [1.807, 2.05) is 32.2 Å². The van der Waals surface area contributed by atoms with E-state index in [0.717, 1.165) is 17.3 Å². The van der Waals surface area contributed by atoms with Crippen molar-refractivity contribution in [2.45, 2.75) is 45.2 Å². The quantitative estimate of drug-likeness (QED) is 0.486. The minimum atomic E-state index is 0. The Labute approximate surface area is 132 Å². The average Bonchev–Trinajstić information content (AvgIpc) is 2.87. The summed E-state index contributed by atoms with van der Waals surface area (Å²) in [5, 5.41) is 6.78. The number of aliphatic imine (C=N–C) groups is 1. The summed E-state index contributed by atoms with van der Waals surface area (Å²) in [7, 11) is 1.81. The van der Waals surface area contributed by atoms with Crippen molar-refractivity contribution in [1.82, 2.24) is 15.6 Å². The van der Waals surface area contributed by atoms with Gasteiger partial charge in [0.2, 0.25) is 0 Å². The van der Waals surface area contributed by atoms with Crippen LogP contribution in [0.25, 0.3) is 0 Å². The molecule has 0 spiro atoms. The van der Waals surface area contributed by atoms with Crippen LogP contribution >= 0.6 is 24.0 Å². The fourth-order valence-electron chi connectivity index (χ4n) is 2.33. The van der Waals surface area contributed by atoms with Crippen LogP contribution in [-0.4, -0.2) is 24.0 Å². The Balaban J connectivity index is 0.00000180. The van der Waals surface area contributed by atoms with E-state index in [-0.39, 0.29) is 24.0 Å². The lowest BCUT2D eigenvalue weighted by Gasteiger charge is -2.16. The van der Waals surface area contributed by atoms with Crippen molar-refractivity contribution in [3.63, 3.8) is 0 Å². The maximum atomic E-state index is 4.47. The van der Waals surface area contributed by atoms with E-state index in [4.69, 9.17) is 0 Å². The highest BCUT2D eigenvalue weighted by atomic mass is 127. The number of rotatable bonds is 3. The van der Waals surface area contributed by atoms with Gasteiger partial charge in [-0.1, -0.05) is 18.9 Å². The third kappa shape index (κ3) is 5.34. The molecular formula is C14H23IN4. The number of aryl methyl sites for hydroxylation is 1. The Kier molecular flexibility index (Phi) is 7.12. The molecule has 0 bridgehead atoms. The lowest BCUT2D eigenvalue weighted by atomic mass is 10.2. The molecule has 1 fully saturated rings. The molecule has 19 heavy (non-hydrogen) atoms. The predicted molar refractivity (Wildman–Crippen MR) is 90.0 cm³/mol. The zero-order chi connectivity index (χ0) is 12.8. The second-order valence-electron chi connectivity index (χ2n) is 4.82. The van der Waals surface area contributed by atoms with Crippen LogP contribution in [0.5, 0.6) is 0 Å². The molecule has 4 nitrogen and oxygen atoms in total. The highest BCUT2D eigenvalue weighted by Crippen LogP contribution is 2.17. The van der Waals surface area contributed by atoms with E-state index >= 15 is 0 Å². The molecule has 0 saturated heterocycles. The molecule has 106 valence electrons. The Hall–Kier alpha value is -0.850. The number of nitrogens with one attached hydrogen (secondary N) is 2.